The van der Waals surface area contributed by atoms with Crippen LogP contribution in [-0.4, -0.2) is 13.1 Å². The first-order valence-corrected chi connectivity index (χ1v) is 6.99. The van der Waals surface area contributed by atoms with Crippen LogP contribution < -0.4 is 5.32 Å². The molecule has 0 spiro atoms. The first-order valence-electron chi connectivity index (χ1n) is 6.99. The number of hydrogen-bond donors (Lipinski definition) is 1. The Morgan fingerprint density at radius 3 is 2.70 bits per heavy atom. The van der Waals surface area contributed by atoms with Crippen LogP contribution in [-0.2, 0) is 6.42 Å². The van der Waals surface area contributed by atoms with Crippen LogP contribution >= 0.6 is 12.4 Å². The minimum Gasteiger partial charge on any atom is -0.317 e. The topological polar surface area (TPSA) is 35.8 Å². The van der Waals surface area contributed by atoms with Crippen LogP contribution in [0.2, 0.25) is 0 Å². The van der Waals surface area contributed by atoms with E-state index in [0.717, 1.165) is 36.4 Å². The fraction of sp³-hybridized carbons (Fsp3) is 0.353. The highest BCUT2D eigenvalue weighted by atomic mass is 35.5. The molecule has 0 amide bonds. The zero-order valence-electron chi connectivity index (χ0n) is 11.4. The van der Waals surface area contributed by atoms with Crippen molar-refractivity contribution >= 4 is 23.2 Å². The number of nitrogens with one attached hydrogen (secondary N) is 1. The van der Waals surface area contributed by atoms with Gasteiger partial charge in [-0.25, -0.2) is 0 Å². The Balaban J connectivity index is 0.00000147. The van der Waals surface area contributed by atoms with Gasteiger partial charge in [-0.2, -0.15) is 5.26 Å². The van der Waals surface area contributed by atoms with Crippen molar-refractivity contribution in [1.82, 2.24) is 5.32 Å². The molecule has 1 N–H and O–H groups in total. The Morgan fingerprint density at radius 1 is 1.15 bits per heavy atom. The number of nitrogens with zero attached hydrogens (tertiary/aromatic N) is 1. The van der Waals surface area contributed by atoms with Crippen molar-refractivity contribution in [2.45, 2.75) is 19.3 Å². The first kappa shape index (κ1) is 14.8. The van der Waals surface area contributed by atoms with Gasteiger partial charge in [0.25, 0.3) is 0 Å². The molecule has 1 fully saturated rings. The predicted molar refractivity (Wildman–Crippen MR) is 85.2 cm³/mol. The molecular weight excluding hydrogens is 268 g/mol. The van der Waals surface area contributed by atoms with E-state index in [1.54, 1.807) is 0 Å². The molecule has 104 valence electrons. The third kappa shape index (κ3) is 3.12. The van der Waals surface area contributed by atoms with E-state index in [2.05, 4.69) is 35.7 Å². The highest BCUT2D eigenvalue weighted by Crippen LogP contribution is 2.23. The standard InChI is InChI=1S/C17H18N2.ClH/c18-12-16-3-1-2-15-11-14(4-5-17(15)16)10-13-6-8-19-9-7-13;/h1-5,11,13,19H,6-10H2;1H. The predicted octanol–water partition coefficient (Wildman–Crippen LogP) is 3.68. The molecule has 0 atom stereocenters. The van der Waals surface area contributed by atoms with Crippen molar-refractivity contribution in [2.24, 2.45) is 5.92 Å². The Labute approximate surface area is 126 Å². The fourth-order valence-corrected chi connectivity index (χ4v) is 2.98. The van der Waals surface area contributed by atoms with Gasteiger partial charge in [-0.15, -0.1) is 12.4 Å². The van der Waals surface area contributed by atoms with Gasteiger partial charge < -0.3 is 5.32 Å². The third-order valence-corrected chi connectivity index (χ3v) is 4.05. The SMILES string of the molecule is Cl.N#Cc1cccc2cc(CC3CCNCC3)ccc12. The largest absolute Gasteiger partial charge is 0.317 e. The molecule has 2 aromatic rings. The molecule has 0 radical (unpaired) electrons. The van der Waals surface area contributed by atoms with Crippen molar-refractivity contribution in [1.29, 1.82) is 5.26 Å². The van der Waals surface area contributed by atoms with Crippen molar-refractivity contribution in [3.05, 3.63) is 47.5 Å². The Kier molecular flexibility index (Phi) is 5.00. The van der Waals surface area contributed by atoms with Gasteiger partial charge in [0.05, 0.1) is 11.6 Å². The van der Waals surface area contributed by atoms with Gasteiger partial charge in [0.2, 0.25) is 0 Å². The molecule has 1 aliphatic heterocycles. The van der Waals surface area contributed by atoms with Gasteiger partial charge in [0.15, 0.2) is 0 Å². The van der Waals surface area contributed by atoms with Crippen LogP contribution in [0.25, 0.3) is 10.8 Å². The molecule has 0 saturated carbocycles. The van der Waals surface area contributed by atoms with E-state index in [9.17, 15) is 0 Å². The minimum atomic E-state index is 0. The van der Waals surface area contributed by atoms with Crippen molar-refractivity contribution in [2.75, 3.05) is 13.1 Å². The summed E-state index contributed by atoms with van der Waals surface area (Å²) in [6.45, 7) is 2.30. The van der Waals surface area contributed by atoms with Crippen LogP contribution in [0.3, 0.4) is 0 Å². The molecule has 1 aliphatic rings. The maximum atomic E-state index is 9.11. The molecule has 3 heteroatoms. The lowest BCUT2D eigenvalue weighted by molar-refractivity contribution is 0.373. The summed E-state index contributed by atoms with van der Waals surface area (Å²) >= 11 is 0. The lowest BCUT2D eigenvalue weighted by atomic mass is 9.90. The van der Waals surface area contributed by atoms with Crippen molar-refractivity contribution in [3.8, 4) is 6.07 Å². The molecule has 0 unspecified atom stereocenters. The smallest absolute Gasteiger partial charge is 0.0998 e. The maximum absolute atomic E-state index is 9.11. The second-order valence-corrected chi connectivity index (χ2v) is 5.37. The highest BCUT2D eigenvalue weighted by molar-refractivity contribution is 5.88. The van der Waals surface area contributed by atoms with E-state index in [-0.39, 0.29) is 12.4 Å². The van der Waals surface area contributed by atoms with E-state index in [0.29, 0.717) is 0 Å². The molecular formula is C17H19ClN2. The summed E-state index contributed by atoms with van der Waals surface area (Å²) in [5, 5.41) is 14.8. The zero-order valence-corrected chi connectivity index (χ0v) is 12.2. The lowest BCUT2D eigenvalue weighted by Crippen LogP contribution is -2.28. The van der Waals surface area contributed by atoms with Gasteiger partial charge in [-0.05, 0) is 60.7 Å². The maximum Gasteiger partial charge on any atom is 0.0998 e. The second-order valence-electron chi connectivity index (χ2n) is 5.37. The second kappa shape index (κ2) is 6.74. The van der Waals surface area contributed by atoms with E-state index in [1.807, 2.05) is 12.1 Å². The van der Waals surface area contributed by atoms with Crippen LogP contribution in [0, 0.1) is 17.2 Å². The molecule has 2 aromatic carbocycles. The summed E-state index contributed by atoms with van der Waals surface area (Å²) in [5.41, 5.74) is 2.17. The number of piperidine rings is 1. The normalized spacial score (nSPS) is 15.6. The fourth-order valence-electron chi connectivity index (χ4n) is 2.98. The van der Waals surface area contributed by atoms with E-state index in [1.165, 1.54) is 23.8 Å². The average Bonchev–Trinajstić information content (AvgIpc) is 2.47. The Bertz CT molecular complexity index is 624. The third-order valence-electron chi connectivity index (χ3n) is 4.05. The quantitative estimate of drug-likeness (QED) is 0.914. The summed E-state index contributed by atoms with van der Waals surface area (Å²) in [5.74, 6) is 0.804. The van der Waals surface area contributed by atoms with Gasteiger partial charge in [0.1, 0.15) is 0 Å². The number of rotatable bonds is 2. The number of nitriles is 1. The van der Waals surface area contributed by atoms with Gasteiger partial charge in [-0.3, -0.25) is 0 Å². The zero-order chi connectivity index (χ0) is 13.1. The molecule has 0 aliphatic carbocycles. The van der Waals surface area contributed by atoms with Crippen molar-refractivity contribution < 1.29 is 0 Å². The minimum absolute atomic E-state index is 0. The van der Waals surface area contributed by atoms with Gasteiger partial charge >= 0.3 is 0 Å². The molecule has 2 nitrogen and oxygen atoms in total. The number of hydrogen-bond acceptors (Lipinski definition) is 2. The molecule has 1 heterocycles. The molecule has 0 aromatic heterocycles. The summed E-state index contributed by atoms with van der Waals surface area (Å²) in [6.07, 6.45) is 3.71. The van der Waals surface area contributed by atoms with E-state index in [4.69, 9.17) is 5.26 Å². The van der Waals surface area contributed by atoms with Gasteiger partial charge in [-0.1, -0.05) is 30.3 Å². The number of fused-ring (bicyclic) bond motifs is 1. The summed E-state index contributed by atoms with van der Waals surface area (Å²) < 4.78 is 0. The summed E-state index contributed by atoms with van der Waals surface area (Å²) in [7, 11) is 0. The summed E-state index contributed by atoms with van der Waals surface area (Å²) in [6, 6.07) is 14.7. The van der Waals surface area contributed by atoms with Crippen LogP contribution in [0.1, 0.15) is 24.0 Å². The Hall–Kier alpha value is -1.56. The monoisotopic (exact) mass is 286 g/mol. The Morgan fingerprint density at radius 2 is 1.95 bits per heavy atom. The molecule has 3 rings (SSSR count). The molecule has 1 saturated heterocycles. The number of benzene rings is 2. The van der Waals surface area contributed by atoms with Crippen LogP contribution in [0.5, 0.6) is 0 Å². The lowest BCUT2D eigenvalue weighted by Gasteiger charge is -2.22. The van der Waals surface area contributed by atoms with Crippen molar-refractivity contribution in [3.63, 3.8) is 0 Å². The van der Waals surface area contributed by atoms with Gasteiger partial charge in [0, 0.05) is 0 Å². The van der Waals surface area contributed by atoms with Crippen LogP contribution in [0.15, 0.2) is 36.4 Å². The number of halogens is 1. The highest BCUT2D eigenvalue weighted by Gasteiger charge is 2.13. The van der Waals surface area contributed by atoms with E-state index < -0.39 is 0 Å². The van der Waals surface area contributed by atoms with Crippen LogP contribution in [0.4, 0.5) is 0 Å². The first-order chi connectivity index (χ1) is 9.36. The molecule has 0 bridgehead atoms. The van der Waals surface area contributed by atoms with E-state index >= 15 is 0 Å². The average molecular weight is 287 g/mol. The summed E-state index contributed by atoms with van der Waals surface area (Å²) in [4.78, 5) is 0. The molecule has 20 heavy (non-hydrogen) atoms.